The summed E-state index contributed by atoms with van der Waals surface area (Å²) in [5.41, 5.74) is 2.13. The van der Waals surface area contributed by atoms with Crippen molar-refractivity contribution in [1.29, 1.82) is 0 Å². The molecule has 0 rings (SSSR count). The molecule has 0 aromatic heterocycles. The summed E-state index contributed by atoms with van der Waals surface area (Å²) in [4.78, 5) is 0. The number of rotatable bonds is 5. The van der Waals surface area contributed by atoms with Gasteiger partial charge in [-0.15, -0.1) is 11.6 Å². The second-order valence-electron chi connectivity index (χ2n) is 1.61. The molecule has 54 valence electrons. The van der Waals surface area contributed by atoms with Gasteiger partial charge in [0, 0.05) is 12.5 Å². The summed E-state index contributed by atoms with van der Waals surface area (Å²) in [5.74, 6) is 0.719. The first-order valence-electron chi connectivity index (χ1n) is 3.20. The smallest absolute Gasteiger partial charge is 0.184 e. The normalized spacial score (nSPS) is 12.2. The van der Waals surface area contributed by atoms with Crippen molar-refractivity contribution >= 4 is 21.4 Å². The fraction of sp³-hybridized carbons (Fsp3) is 0.667. The van der Waals surface area contributed by atoms with E-state index in [1.54, 1.807) is 0 Å². The Bertz CT molecular complexity index is 75.5. The Kier molecular flexibility index (Phi) is 8.40. The molecule has 0 radical (unpaired) electrons. The van der Waals surface area contributed by atoms with Crippen LogP contribution in [0, 0.1) is 0 Å². The van der Waals surface area contributed by atoms with E-state index in [0.29, 0.717) is 0 Å². The van der Waals surface area contributed by atoms with Crippen LogP contribution in [0.5, 0.6) is 0 Å². The molecular formula is C6H13ClOSi. The molecule has 0 spiro atoms. The van der Waals surface area contributed by atoms with Gasteiger partial charge in [0.05, 0.1) is 0 Å². The Morgan fingerprint density at radius 1 is 1.67 bits per heavy atom. The van der Waals surface area contributed by atoms with Crippen molar-refractivity contribution in [3.63, 3.8) is 0 Å². The highest BCUT2D eigenvalue weighted by Gasteiger charge is 1.77. The minimum Gasteiger partial charge on any atom is -0.419 e. The van der Waals surface area contributed by atoms with Crippen LogP contribution < -0.4 is 0 Å². The van der Waals surface area contributed by atoms with Gasteiger partial charge in [-0.25, -0.2) is 0 Å². The van der Waals surface area contributed by atoms with E-state index in [0.717, 1.165) is 18.9 Å². The maximum Gasteiger partial charge on any atom is 0.184 e. The third-order valence-electron chi connectivity index (χ3n) is 0.861. The van der Waals surface area contributed by atoms with Crippen LogP contribution >= 0.6 is 11.6 Å². The molecule has 3 heteroatoms. The lowest BCUT2D eigenvalue weighted by Crippen LogP contribution is -1.92. The van der Waals surface area contributed by atoms with Crippen LogP contribution in [0.15, 0.2) is 11.8 Å². The van der Waals surface area contributed by atoms with Crippen molar-refractivity contribution in [2.75, 3.05) is 12.5 Å². The van der Waals surface area contributed by atoms with Crippen LogP contribution in [0.3, 0.4) is 0 Å². The molecule has 0 N–H and O–H groups in total. The average Bonchev–Trinajstić information content (AvgIpc) is 1.89. The molecule has 0 aromatic carbocycles. The predicted octanol–water partition coefficient (Wildman–Crippen LogP) is 1.25. The highest BCUT2D eigenvalue weighted by atomic mass is 35.5. The lowest BCUT2D eigenvalue weighted by Gasteiger charge is -1.90. The third kappa shape index (κ3) is 8.21. The van der Waals surface area contributed by atoms with E-state index in [1.165, 1.54) is 0 Å². The fourth-order valence-corrected chi connectivity index (χ4v) is 1.30. The number of alkyl halides is 1. The van der Waals surface area contributed by atoms with Gasteiger partial charge < -0.3 is 4.43 Å². The molecule has 0 heterocycles. The van der Waals surface area contributed by atoms with Gasteiger partial charge >= 0.3 is 0 Å². The average molecular weight is 165 g/mol. The van der Waals surface area contributed by atoms with Crippen LogP contribution in [0.2, 0.25) is 0 Å². The van der Waals surface area contributed by atoms with Crippen LogP contribution in [0.1, 0.15) is 13.3 Å². The summed E-state index contributed by atoms with van der Waals surface area (Å²) in [5, 5.41) is 0. The van der Waals surface area contributed by atoms with E-state index in [1.807, 2.05) is 6.92 Å². The van der Waals surface area contributed by atoms with Crippen molar-refractivity contribution in [2.45, 2.75) is 13.3 Å². The van der Waals surface area contributed by atoms with Gasteiger partial charge in [0.1, 0.15) is 0 Å². The standard InChI is InChI=1S/C6H13ClOSi/c1-2-8-9-6-4-3-5-7/h4,6H,2-3,5,9H2,1H3. The summed E-state index contributed by atoms with van der Waals surface area (Å²) in [6.45, 7) is 2.86. The minimum atomic E-state index is -0.348. The van der Waals surface area contributed by atoms with Gasteiger partial charge in [-0.3, -0.25) is 0 Å². The van der Waals surface area contributed by atoms with Crippen LogP contribution in [0.4, 0.5) is 0 Å². The van der Waals surface area contributed by atoms with E-state index in [9.17, 15) is 0 Å². The molecule has 9 heavy (non-hydrogen) atoms. The monoisotopic (exact) mass is 164 g/mol. The molecule has 1 nitrogen and oxygen atoms in total. The molecule has 0 aromatic rings. The number of halogens is 1. The molecule has 0 aliphatic heterocycles. The third-order valence-corrected chi connectivity index (χ3v) is 2.25. The van der Waals surface area contributed by atoms with Gasteiger partial charge in [-0.05, 0) is 13.3 Å². The first-order chi connectivity index (χ1) is 4.41. The van der Waals surface area contributed by atoms with Crippen molar-refractivity contribution in [3.8, 4) is 0 Å². The van der Waals surface area contributed by atoms with Crippen LogP contribution in [-0.4, -0.2) is 22.3 Å². The Balaban J connectivity index is 2.86. The van der Waals surface area contributed by atoms with Gasteiger partial charge in [0.2, 0.25) is 0 Å². The Morgan fingerprint density at radius 3 is 3.00 bits per heavy atom. The second-order valence-corrected chi connectivity index (χ2v) is 3.20. The number of hydrogen-bond donors (Lipinski definition) is 0. The van der Waals surface area contributed by atoms with Crippen LogP contribution in [-0.2, 0) is 4.43 Å². The molecular weight excluding hydrogens is 152 g/mol. The zero-order valence-corrected chi connectivity index (χ0v) is 7.94. The molecule has 0 aliphatic rings. The second kappa shape index (κ2) is 8.21. The molecule has 0 amide bonds. The van der Waals surface area contributed by atoms with E-state index in [4.69, 9.17) is 16.0 Å². The molecule has 0 saturated heterocycles. The lowest BCUT2D eigenvalue weighted by atomic mass is 10.5. The van der Waals surface area contributed by atoms with Gasteiger partial charge in [-0.1, -0.05) is 11.8 Å². The summed E-state index contributed by atoms with van der Waals surface area (Å²) in [7, 11) is -0.348. The zero-order valence-electron chi connectivity index (χ0n) is 5.77. The van der Waals surface area contributed by atoms with Gasteiger partial charge in [0.15, 0.2) is 9.76 Å². The van der Waals surface area contributed by atoms with E-state index in [2.05, 4.69) is 11.8 Å². The van der Waals surface area contributed by atoms with E-state index in [-0.39, 0.29) is 9.76 Å². The Morgan fingerprint density at radius 2 is 2.44 bits per heavy atom. The SMILES string of the molecule is CCO[SiH2]C=CCCCl. The first-order valence-corrected chi connectivity index (χ1v) is 5.13. The van der Waals surface area contributed by atoms with Crippen molar-refractivity contribution in [1.82, 2.24) is 0 Å². The van der Waals surface area contributed by atoms with Crippen molar-refractivity contribution in [3.05, 3.63) is 11.8 Å². The highest BCUT2D eigenvalue weighted by Crippen LogP contribution is 1.85. The van der Waals surface area contributed by atoms with Crippen molar-refractivity contribution in [2.24, 2.45) is 0 Å². The number of hydrogen-bond acceptors (Lipinski definition) is 1. The van der Waals surface area contributed by atoms with Gasteiger partial charge in [0.25, 0.3) is 0 Å². The molecule has 0 aliphatic carbocycles. The summed E-state index contributed by atoms with van der Waals surface area (Å²) in [6, 6.07) is 0. The maximum absolute atomic E-state index is 5.44. The zero-order chi connectivity index (χ0) is 6.95. The van der Waals surface area contributed by atoms with E-state index >= 15 is 0 Å². The van der Waals surface area contributed by atoms with Gasteiger partial charge in [-0.2, -0.15) is 0 Å². The first kappa shape index (κ1) is 9.21. The fourth-order valence-electron chi connectivity index (χ4n) is 0.435. The Labute approximate surface area is 64.0 Å². The highest BCUT2D eigenvalue weighted by molar-refractivity contribution is 6.34. The summed E-state index contributed by atoms with van der Waals surface area (Å²) >= 11 is 5.44. The van der Waals surface area contributed by atoms with Crippen LogP contribution in [0.25, 0.3) is 0 Å². The molecule has 0 saturated carbocycles. The molecule has 0 unspecified atom stereocenters. The maximum atomic E-state index is 5.44. The molecule has 0 bridgehead atoms. The Hall–Kier alpha value is 0.207. The lowest BCUT2D eigenvalue weighted by molar-refractivity contribution is 0.366. The molecule has 0 atom stereocenters. The molecule has 0 fully saturated rings. The van der Waals surface area contributed by atoms with E-state index < -0.39 is 0 Å². The summed E-state index contributed by atoms with van der Waals surface area (Å²) in [6.07, 6.45) is 3.07. The topological polar surface area (TPSA) is 9.23 Å². The van der Waals surface area contributed by atoms with Crippen molar-refractivity contribution < 1.29 is 4.43 Å². The summed E-state index contributed by atoms with van der Waals surface area (Å²) < 4.78 is 5.19. The quantitative estimate of drug-likeness (QED) is 0.338. The number of allylic oxidation sites excluding steroid dienone is 1. The minimum absolute atomic E-state index is 0.348. The predicted molar refractivity (Wildman–Crippen MR) is 44.6 cm³/mol. The largest absolute Gasteiger partial charge is 0.419 e.